The molecule has 2 heterocycles. The first-order chi connectivity index (χ1) is 9.31. The number of anilines is 2. The monoisotopic (exact) mass is 251 g/mol. The average Bonchev–Trinajstić information content (AvgIpc) is 2.88. The summed E-state index contributed by atoms with van der Waals surface area (Å²) in [5.74, 6) is 1.46. The van der Waals surface area contributed by atoms with Crippen LogP contribution in [0, 0.1) is 6.92 Å². The summed E-state index contributed by atoms with van der Waals surface area (Å²) in [5, 5.41) is 3.05. The largest absolute Gasteiger partial charge is 0.423 e. The Bertz CT molecular complexity index is 677. The summed E-state index contributed by atoms with van der Waals surface area (Å²) in [6.07, 6.45) is 3.45. The van der Waals surface area contributed by atoms with E-state index in [2.05, 4.69) is 15.3 Å². The molecule has 3 aromatic rings. The molecule has 0 radical (unpaired) electrons. The van der Waals surface area contributed by atoms with E-state index in [4.69, 9.17) is 4.42 Å². The van der Waals surface area contributed by atoms with Gasteiger partial charge in [-0.1, -0.05) is 30.3 Å². The molecule has 94 valence electrons. The Morgan fingerprint density at radius 1 is 1.05 bits per heavy atom. The minimum atomic E-state index is 0.442. The van der Waals surface area contributed by atoms with E-state index in [-0.39, 0.29) is 0 Å². The van der Waals surface area contributed by atoms with Crippen LogP contribution in [0.2, 0.25) is 0 Å². The minimum Gasteiger partial charge on any atom is -0.423 e. The van der Waals surface area contributed by atoms with Gasteiger partial charge in [0.25, 0.3) is 0 Å². The second-order valence-electron chi connectivity index (χ2n) is 4.24. The second-order valence-corrected chi connectivity index (χ2v) is 4.24. The fourth-order valence-corrected chi connectivity index (χ4v) is 1.78. The fraction of sp³-hybridized carbons (Fsp3) is 0.0667. The number of hydrogen-bond donors (Lipinski definition) is 1. The molecule has 0 atom stereocenters. The van der Waals surface area contributed by atoms with Gasteiger partial charge in [-0.15, -0.1) is 0 Å². The van der Waals surface area contributed by atoms with E-state index >= 15 is 0 Å². The van der Waals surface area contributed by atoms with E-state index in [1.807, 2.05) is 49.4 Å². The lowest BCUT2D eigenvalue weighted by Gasteiger charge is -2.01. The smallest absolute Gasteiger partial charge is 0.300 e. The van der Waals surface area contributed by atoms with Crippen molar-refractivity contribution < 1.29 is 4.42 Å². The summed E-state index contributed by atoms with van der Waals surface area (Å²) in [6, 6.07) is 14.2. The van der Waals surface area contributed by atoms with E-state index in [0.717, 1.165) is 22.7 Å². The molecule has 0 amide bonds. The molecule has 1 aromatic carbocycles. The maximum atomic E-state index is 5.65. The zero-order valence-electron chi connectivity index (χ0n) is 10.5. The van der Waals surface area contributed by atoms with Crippen LogP contribution in [0.15, 0.2) is 59.3 Å². The molecule has 0 saturated heterocycles. The van der Waals surface area contributed by atoms with Crippen LogP contribution in [0.1, 0.15) is 5.56 Å². The molecule has 1 N–H and O–H groups in total. The van der Waals surface area contributed by atoms with Gasteiger partial charge in [-0.2, -0.15) is 0 Å². The number of aromatic nitrogens is 2. The number of rotatable bonds is 3. The summed E-state index contributed by atoms with van der Waals surface area (Å²) < 4.78 is 5.65. The van der Waals surface area contributed by atoms with Crippen molar-refractivity contribution in [1.29, 1.82) is 0 Å². The number of nitrogens with one attached hydrogen (secondary N) is 1. The first kappa shape index (κ1) is 11.5. The maximum Gasteiger partial charge on any atom is 0.300 e. The molecule has 4 nitrogen and oxygen atoms in total. The van der Waals surface area contributed by atoms with Crippen molar-refractivity contribution in [3.8, 4) is 11.3 Å². The van der Waals surface area contributed by atoms with Gasteiger partial charge in [0.05, 0.1) is 6.20 Å². The third-order valence-corrected chi connectivity index (χ3v) is 2.71. The fourth-order valence-electron chi connectivity index (χ4n) is 1.78. The van der Waals surface area contributed by atoms with Crippen molar-refractivity contribution in [2.45, 2.75) is 6.92 Å². The number of nitrogens with zero attached hydrogens (tertiary/aromatic N) is 2. The minimum absolute atomic E-state index is 0.442. The molecular formula is C15H13N3O. The van der Waals surface area contributed by atoms with Crippen molar-refractivity contribution in [1.82, 2.24) is 9.97 Å². The summed E-state index contributed by atoms with van der Waals surface area (Å²) in [7, 11) is 0. The molecule has 3 rings (SSSR count). The topological polar surface area (TPSA) is 51.0 Å². The van der Waals surface area contributed by atoms with Crippen LogP contribution in [0.5, 0.6) is 0 Å². The van der Waals surface area contributed by atoms with Crippen LogP contribution in [0.25, 0.3) is 11.3 Å². The van der Waals surface area contributed by atoms with E-state index in [1.54, 1.807) is 12.4 Å². The van der Waals surface area contributed by atoms with E-state index in [0.29, 0.717) is 6.01 Å². The van der Waals surface area contributed by atoms with Crippen LogP contribution in [0.3, 0.4) is 0 Å². The normalized spacial score (nSPS) is 10.4. The lowest BCUT2D eigenvalue weighted by atomic mass is 10.2. The first-order valence-electron chi connectivity index (χ1n) is 6.02. The van der Waals surface area contributed by atoms with Crippen molar-refractivity contribution in [2.24, 2.45) is 0 Å². The van der Waals surface area contributed by atoms with Crippen molar-refractivity contribution in [3.63, 3.8) is 0 Å². The molecule has 0 fully saturated rings. The highest BCUT2D eigenvalue weighted by Gasteiger charge is 2.06. The summed E-state index contributed by atoms with van der Waals surface area (Å²) in [4.78, 5) is 8.41. The molecule has 0 spiro atoms. The molecule has 0 bridgehead atoms. The Kier molecular flexibility index (Phi) is 2.98. The van der Waals surface area contributed by atoms with Gasteiger partial charge in [0, 0.05) is 11.8 Å². The Hall–Kier alpha value is -2.62. The molecule has 19 heavy (non-hydrogen) atoms. The van der Waals surface area contributed by atoms with Gasteiger partial charge >= 0.3 is 6.01 Å². The van der Waals surface area contributed by atoms with Gasteiger partial charge in [0.15, 0.2) is 5.76 Å². The summed E-state index contributed by atoms with van der Waals surface area (Å²) >= 11 is 0. The highest BCUT2D eigenvalue weighted by molar-refractivity contribution is 5.58. The lowest BCUT2D eigenvalue weighted by Crippen LogP contribution is -1.93. The summed E-state index contributed by atoms with van der Waals surface area (Å²) in [6.45, 7) is 2.01. The number of benzene rings is 1. The number of oxazole rings is 1. The quantitative estimate of drug-likeness (QED) is 0.769. The predicted molar refractivity (Wildman–Crippen MR) is 74.2 cm³/mol. The van der Waals surface area contributed by atoms with Crippen LogP contribution in [-0.2, 0) is 0 Å². The zero-order chi connectivity index (χ0) is 13.1. The second kappa shape index (κ2) is 4.94. The first-order valence-corrected chi connectivity index (χ1v) is 6.02. The van der Waals surface area contributed by atoms with Crippen molar-refractivity contribution in [2.75, 3.05) is 5.32 Å². The average molecular weight is 251 g/mol. The highest BCUT2D eigenvalue weighted by Crippen LogP contribution is 2.23. The van der Waals surface area contributed by atoms with Crippen LogP contribution in [-0.4, -0.2) is 9.97 Å². The molecule has 2 aromatic heterocycles. The van der Waals surface area contributed by atoms with Gasteiger partial charge < -0.3 is 4.42 Å². The zero-order valence-corrected chi connectivity index (χ0v) is 10.5. The van der Waals surface area contributed by atoms with Gasteiger partial charge in [0.2, 0.25) is 0 Å². The Labute approximate surface area is 111 Å². The predicted octanol–water partition coefficient (Wildman–Crippen LogP) is 3.79. The standard InChI is InChI=1S/C15H13N3O/c1-11-7-8-16-14(9-11)18-15-17-10-13(19-15)12-5-3-2-4-6-12/h2-10H,1H3,(H,16,17,18). The third kappa shape index (κ3) is 2.63. The Balaban J connectivity index is 1.82. The number of pyridine rings is 1. The molecule has 4 heteroatoms. The molecule has 0 aliphatic heterocycles. The lowest BCUT2D eigenvalue weighted by molar-refractivity contribution is 0.591. The van der Waals surface area contributed by atoms with Crippen LogP contribution < -0.4 is 5.32 Å². The molecule has 0 unspecified atom stereocenters. The number of aryl methyl sites for hydroxylation is 1. The van der Waals surface area contributed by atoms with E-state index < -0.39 is 0 Å². The molecule has 0 aliphatic carbocycles. The number of hydrogen-bond acceptors (Lipinski definition) is 4. The van der Waals surface area contributed by atoms with Crippen LogP contribution in [0.4, 0.5) is 11.8 Å². The van der Waals surface area contributed by atoms with E-state index in [9.17, 15) is 0 Å². The highest BCUT2D eigenvalue weighted by atomic mass is 16.4. The summed E-state index contributed by atoms with van der Waals surface area (Å²) in [5.41, 5.74) is 2.13. The maximum absolute atomic E-state index is 5.65. The van der Waals surface area contributed by atoms with E-state index in [1.165, 1.54) is 0 Å². The van der Waals surface area contributed by atoms with Crippen LogP contribution >= 0.6 is 0 Å². The van der Waals surface area contributed by atoms with Crippen molar-refractivity contribution in [3.05, 3.63) is 60.4 Å². The van der Waals surface area contributed by atoms with Crippen molar-refractivity contribution >= 4 is 11.8 Å². The Morgan fingerprint density at radius 3 is 2.68 bits per heavy atom. The van der Waals surface area contributed by atoms with Gasteiger partial charge in [-0.3, -0.25) is 5.32 Å². The molecular weight excluding hydrogens is 238 g/mol. The van der Waals surface area contributed by atoms with Gasteiger partial charge in [-0.25, -0.2) is 9.97 Å². The van der Waals surface area contributed by atoms with Gasteiger partial charge in [0.1, 0.15) is 5.82 Å². The molecule has 0 saturated carbocycles. The third-order valence-electron chi connectivity index (χ3n) is 2.71. The van der Waals surface area contributed by atoms with Gasteiger partial charge in [-0.05, 0) is 24.6 Å². The molecule has 0 aliphatic rings. The SMILES string of the molecule is Cc1ccnc(Nc2ncc(-c3ccccc3)o2)c1. The Morgan fingerprint density at radius 2 is 1.89 bits per heavy atom.